The molecule has 0 unspecified atom stereocenters. The predicted octanol–water partition coefficient (Wildman–Crippen LogP) is 6.14. The van der Waals surface area contributed by atoms with Crippen molar-refractivity contribution in [2.45, 2.75) is 12.8 Å². The lowest BCUT2D eigenvalue weighted by Crippen LogP contribution is -2.29. The number of benzene rings is 3. The molecule has 1 saturated heterocycles. The van der Waals surface area contributed by atoms with E-state index in [4.69, 9.17) is 9.47 Å². The van der Waals surface area contributed by atoms with E-state index in [0.29, 0.717) is 45.1 Å². The van der Waals surface area contributed by atoms with Gasteiger partial charge in [0.15, 0.2) is 18.1 Å². The molecule has 1 heterocycles. The van der Waals surface area contributed by atoms with Gasteiger partial charge in [-0.15, -0.1) is 0 Å². The van der Waals surface area contributed by atoms with Gasteiger partial charge in [-0.3, -0.25) is 19.3 Å². The van der Waals surface area contributed by atoms with Crippen LogP contribution in [0.2, 0.25) is 0 Å². The van der Waals surface area contributed by atoms with Crippen LogP contribution in [0.4, 0.5) is 10.5 Å². The molecular formula is C28H25BrN2O5S. The monoisotopic (exact) mass is 580 g/mol. The highest BCUT2D eigenvalue weighted by Gasteiger charge is 2.34. The van der Waals surface area contributed by atoms with E-state index in [-0.39, 0.29) is 23.7 Å². The van der Waals surface area contributed by atoms with Crippen molar-refractivity contribution in [1.29, 1.82) is 0 Å². The molecule has 0 aromatic heterocycles. The van der Waals surface area contributed by atoms with E-state index < -0.39 is 0 Å². The first-order valence-electron chi connectivity index (χ1n) is 11.6. The summed E-state index contributed by atoms with van der Waals surface area (Å²) in [7, 11) is 1.49. The molecule has 9 heteroatoms. The molecule has 0 bridgehead atoms. The molecule has 0 atom stereocenters. The maximum absolute atomic E-state index is 12.9. The number of para-hydroxylation sites is 1. The number of imide groups is 1. The van der Waals surface area contributed by atoms with E-state index >= 15 is 0 Å². The lowest BCUT2D eigenvalue weighted by Gasteiger charge is -2.13. The molecule has 1 aliphatic heterocycles. The first-order valence-corrected chi connectivity index (χ1v) is 13.2. The first-order chi connectivity index (χ1) is 17.9. The van der Waals surface area contributed by atoms with E-state index in [9.17, 15) is 14.4 Å². The summed E-state index contributed by atoms with van der Waals surface area (Å²) in [6, 6.07) is 22.4. The van der Waals surface area contributed by atoms with Crippen molar-refractivity contribution >= 4 is 56.5 Å². The lowest BCUT2D eigenvalue weighted by molar-refractivity contribution is -0.122. The Morgan fingerprint density at radius 1 is 1.03 bits per heavy atom. The van der Waals surface area contributed by atoms with Gasteiger partial charge in [-0.25, -0.2) is 0 Å². The number of nitrogens with zero attached hydrogens (tertiary/aromatic N) is 1. The summed E-state index contributed by atoms with van der Waals surface area (Å²) in [4.78, 5) is 39.3. The molecule has 0 saturated carbocycles. The minimum absolute atomic E-state index is 0.209. The number of carbonyl (C=O) groups is 3. The summed E-state index contributed by atoms with van der Waals surface area (Å²) in [5, 5.41) is 2.48. The minimum Gasteiger partial charge on any atom is -0.493 e. The Kier molecular flexibility index (Phi) is 9.03. The molecular weight excluding hydrogens is 556 g/mol. The summed E-state index contributed by atoms with van der Waals surface area (Å²) in [6.07, 6.45) is 3.13. The van der Waals surface area contributed by atoms with Crippen molar-refractivity contribution < 1.29 is 23.9 Å². The summed E-state index contributed by atoms with van der Waals surface area (Å²) in [5.41, 5.74) is 2.49. The van der Waals surface area contributed by atoms with Crippen LogP contribution in [-0.2, 0) is 16.0 Å². The van der Waals surface area contributed by atoms with Crippen LogP contribution in [0, 0.1) is 0 Å². The molecule has 1 N–H and O–H groups in total. The number of rotatable bonds is 10. The van der Waals surface area contributed by atoms with E-state index in [1.807, 2.05) is 48.5 Å². The number of halogens is 1. The van der Waals surface area contributed by atoms with Crippen LogP contribution in [-0.4, -0.2) is 42.2 Å². The summed E-state index contributed by atoms with van der Waals surface area (Å²) in [5.74, 6) is 0.133. The van der Waals surface area contributed by atoms with E-state index in [2.05, 4.69) is 21.2 Å². The molecule has 0 radical (unpaired) electrons. The highest BCUT2D eigenvalue weighted by Crippen LogP contribution is 2.38. The number of thioether (sulfide) groups is 1. The molecule has 1 fully saturated rings. The second-order valence-electron chi connectivity index (χ2n) is 8.15. The standard InChI is InChI=1S/C28H25BrN2O5S/c1-35-23-15-20(22(29)17-24(23)36-18-26(32)30-21-12-6-3-7-13-21)16-25-27(33)31(28(34)37-25)14-8-11-19-9-4-2-5-10-19/h2-7,9-10,12-13,15-17H,8,11,14,18H2,1H3,(H,30,32)/b25-16+. The first kappa shape index (κ1) is 26.5. The van der Waals surface area contributed by atoms with Crippen LogP contribution in [0.3, 0.4) is 0 Å². The number of nitrogens with one attached hydrogen (secondary N) is 1. The number of methoxy groups -OCH3 is 1. The van der Waals surface area contributed by atoms with Crippen molar-refractivity contribution in [3.63, 3.8) is 0 Å². The fraction of sp³-hybridized carbons (Fsp3) is 0.179. The number of ether oxygens (including phenoxy) is 2. The van der Waals surface area contributed by atoms with Crippen LogP contribution in [0.15, 0.2) is 82.2 Å². The third kappa shape index (κ3) is 7.02. The highest BCUT2D eigenvalue weighted by molar-refractivity contribution is 9.10. The summed E-state index contributed by atoms with van der Waals surface area (Å²) in [6.45, 7) is 0.151. The fourth-order valence-corrected chi connectivity index (χ4v) is 5.01. The van der Waals surface area contributed by atoms with Crippen LogP contribution in [0.5, 0.6) is 11.5 Å². The minimum atomic E-state index is -0.313. The molecule has 0 spiro atoms. The number of aryl methyl sites for hydroxylation is 1. The molecule has 3 amide bonds. The van der Waals surface area contributed by atoms with E-state index in [1.54, 1.807) is 30.3 Å². The Bertz CT molecular complexity index is 1310. The molecule has 0 aliphatic carbocycles. The van der Waals surface area contributed by atoms with Crippen molar-refractivity contribution in [2.24, 2.45) is 0 Å². The number of amides is 3. The van der Waals surface area contributed by atoms with E-state index in [0.717, 1.165) is 18.2 Å². The van der Waals surface area contributed by atoms with Gasteiger partial charge < -0.3 is 14.8 Å². The Balaban J connectivity index is 1.40. The highest BCUT2D eigenvalue weighted by atomic mass is 79.9. The molecule has 4 rings (SSSR count). The smallest absolute Gasteiger partial charge is 0.293 e. The quantitative estimate of drug-likeness (QED) is 0.290. The largest absolute Gasteiger partial charge is 0.493 e. The Hall–Kier alpha value is -3.56. The van der Waals surface area contributed by atoms with Gasteiger partial charge in [-0.2, -0.15) is 0 Å². The zero-order valence-electron chi connectivity index (χ0n) is 20.1. The molecule has 3 aromatic carbocycles. The summed E-state index contributed by atoms with van der Waals surface area (Å²) >= 11 is 4.41. The van der Waals surface area contributed by atoms with Gasteiger partial charge in [0.25, 0.3) is 17.1 Å². The Labute approximate surface area is 228 Å². The zero-order valence-corrected chi connectivity index (χ0v) is 22.5. The second-order valence-corrected chi connectivity index (χ2v) is 10.00. The average Bonchev–Trinajstić information content (AvgIpc) is 3.17. The van der Waals surface area contributed by atoms with Crippen molar-refractivity contribution in [3.05, 3.63) is 93.3 Å². The number of hydrogen-bond donors (Lipinski definition) is 1. The normalized spacial score (nSPS) is 14.2. The van der Waals surface area contributed by atoms with E-state index in [1.165, 1.54) is 17.6 Å². The summed E-state index contributed by atoms with van der Waals surface area (Å²) < 4.78 is 11.8. The van der Waals surface area contributed by atoms with Gasteiger partial charge in [-0.05, 0) is 66.1 Å². The van der Waals surface area contributed by atoms with Gasteiger partial charge in [0.1, 0.15) is 0 Å². The van der Waals surface area contributed by atoms with Crippen LogP contribution in [0.1, 0.15) is 17.5 Å². The van der Waals surface area contributed by atoms with Crippen LogP contribution >= 0.6 is 27.7 Å². The van der Waals surface area contributed by atoms with Crippen molar-refractivity contribution in [3.8, 4) is 11.5 Å². The van der Waals surface area contributed by atoms with Gasteiger partial charge in [-0.1, -0.05) is 64.5 Å². The Morgan fingerprint density at radius 2 is 1.73 bits per heavy atom. The molecule has 7 nitrogen and oxygen atoms in total. The third-order valence-electron chi connectivity index (χ3n) is 5.55. The maximum Gasteiger partial charge on any atom is 0.293 e. The molecule has 1 aliphatic rings. The van der Waals surface area contributed by atoms with Crippen LogP contribution < -0.4 is 14.8 Å². The average molecular weight is 581 g/mol. The van der Waals surface area contributed by atoms with Crippen molar-refractivity contribution in [1.82, 2.24) is 4.90 Å². The third-order valence-corrected chi connectivity index (χ3v) is 7.14. The lowest BCUT2D eigenvalue weighted by atomic mass is 10.1. The number of anilines is 1. The fourth-order valence-electron chi connectivity index (χ4n) is 3.72. The van der Waals surface area contributed by atoms with Gasteiger partial charge in [0.2, 0.25) is 0 Å². The zero-order chi connectivity index (χ0) is 26.2. The van der Waals surface area contributed by atoms with Gasteiger partial charge >= 0.3 is 0 Å². The van der Waals surface area contributed by atoms with Gasteiger partial charge in [0, 0.05) is 16.7 Å². The maximum atomic E-state index is 12.9. The van der Waals surface area contributed by atoms with Crippen LogP contribution in [0.25, 0.3) is 6.08 Å². The van der Waals surface area contributed by atoms with Gasteiger partial charge in [0.05, 0.1) is 12.0 Å². The van der Waals surface area contributed by atoms with Crippen molar-refractivity contribution in [2.75, 3.05) is 25.6 Å². The molecule has 3 aromatic rings. The predicted molar refractivity (Wildman–Crippen MR) is 149 cm³/mol. The SMILES string of the molecule is COc1cc(/C=C2/SC(=O)N(CCCc3ccccc3)C2=O)c(Br)cc1OCC(=O)Nc1ccccc1. The second kappa shape index (κ2) is 12.6. The topological polar surface area (TPSA) is 84.9 Å². The molecule has 190 valence electrons. The molecule has 37 heavy (non-hydrogen) atoms. The Morgan fingerprint density at radius 3 is 2.43 bits per heavy atom. The number of carbonyl (C=O) groups excluding carboxylic acids is 3. The number of hydrogen-bond acceptors (Lipinski definition) is 6.